The molecule has 88 valence electrons. The van der Waals surface area contributed by atoms with Crippen LogP contribution in [0.5, 0.6) is 0 Å². The van der Waals surface area contributed by atoms with Crippen LogP contribution in [0.2, 0.25) is 0 Å². The van der Waals surface area contributed by atoms with Crippen molar-refractivity contribution in [1.82, 2.24) is 20.5 Å². The molecule has 1 fully saturated rings. The number of H-pyrrole nitrogens is 1. The second kappa shape index (κ2) is 6.27. The van der Waals surface area contributed by atoms with Crippen LogP contribution in [0, 0.1) is 6.92 Å². The quantitative estimate of drug-likeness (QED) is 0.827. The summed E-state index contributed by atoms with van der Waals surface area (Å²) in [5.74, 6) is 1.70. The van der Waals surface area contributed by atoms with Gasteiger partial charge >= 0.3 is 0 Å². The fraction of sp³-hybridized carbons (Fsp3) is 0.750. The van der Waals surface area contributed by atoms with Gasteiger partial charge < -0.3 is 10.1 Å². The first-order chi connectivity index (χ1) is 6.29. The minimum absolute atomic E-state index is 0. The largest absolute Gasteiger partial charge is 0.380 e. The van der Waals surface area contributed by atoms with Gasteiger partial charge in [-0.05, 0) is 13.3 Å². The van der Waals surface area contributed by atoms with E-state index >= 15 is 0 Å². The van der Waals surface area contributed by atoms with E-state index in [4.69, 9.17) is 4.74 Å². The number of hydrogen-bond acceptors (Lipinski definition) is 4. The number of nitrogens with one attached hydrogen (secondary N) is 2. The van der Waals surface area contributed by atoms with Crippen LogP contribution in [0.25, 0.3) is 0 Å². The lowest BCUT2D eigenvalue weighted by Gasteiger charge is -2.04. The Hall–Kier alpha value is -0.360. The molecule has 0 saturated carbocycles. The van der Waals surface area contributed by atoms with Gasteiger partial charge in [0.1, 0.15) is 5.82 Å². The number of aromatic nitrogens is 3. The van der Waals surface area contributed by atoms with Crippen molar-refractivity contribution in [3.05, 3.63) is 11.6 Å². The summed E-state index contributed by atoms with van der Waals surface area (Å²) in [6, 6.07) is 0.245. The van der Waals surface area contributed by atoms with Gasteiger partial charge in [-0.2, -0.15) is 5.10 Å². The van der Waals surface area contributed by atoms with Crippen LogP contribution in [0.3, 0.4) is 0 Å². The van der Waals surface area contributed by atoms with Crippen molar-refractivity contribution >= 4 is 24.8 Å². The lowest BCUT2D eigenvalue weighted by atomic mass is 10.2. The molecule has 0 radical (unpaired) electrons. The summed E-state index contributed by atoms with van der Waals surface area (Å²) in [6.45, 7) is 2.79. The molecule has 0 amide bonds. The first-order valence-electron chi connectivity index (χ1n) is 4.44. The Morgan fingerprint density at radius 1 is 1.40 bits per heavy atom. The normalized spacial score (nSPS) is 24.4. The lowest BCUT2D eigenvalue weighted by molar-refractivity contribution is 0.117. The highest BCUT2D eigenvalue weighted by atomic mass is 35.5. The molecule has 7 heteroatoms. The second-order valence-electron chi connectivity index (χ2n) is 3.33. The summed E-state index contributed by atoms with van der Waals surface area (Å²) in [4.78, 5) is 4.28. The molecular formula is C8H16Cl2N4O. The number of ether oxygens (including phenoxy) is 1. The maximum absolute atomic E-state index is 5.24. The van der Waals surface area contributed by atoms with Gasteiger partial charge in [-0.25, -0.2) is 4.98 Å². The molecule has 0 aromatic carbocycles. The lowest BCUT2D eigenvalue weighted by Crippen LogP contribution is -2.16. The summed E-state index contributed by atoms with van der Waals surface area (Å²) in [5, 5.41) is 10.3. The van der Waals surface area contributed by atoms with Crippen molar-refractivity contribution in [3.63, 3.8) is 0 Å². The zero-order valence-electron chi connectivity index (χ0n) is 8.69. The molecule has 0 spiro atoms. The van der Waals surface area contributed by atoms with E-state index in [2.05, 4.69) is 20.5 Å². The van der Waals surface area contributed by atoms with E-state index in [9.17, 15) is 0 Å². The maximum atomic E-state index is 5.24. The fourth-order valence-electron chi connectivity index (χ4n) is 1.60. The molecule has 0 aliphatic carbocycles. The number of aryl methyl sites for hydroxylation is 1. The van der Waals surface area contributed by atoms with Gasteiger partial charge in [0.2, 0.25) is 0 Å². The van der Waals surface area contributed by atoms with Crippen molar-refractivity contribution < 1.29 is 4.74 Å². The molecule has 2 N–H and O–H groups in total. The molecule has 1 aliphatic heterocycles. The summed E-state index contributed by atoms with van der Waals surface area (Å²) in [5.41, 5.74) is 0. The Morgan fingerprint density at radius 3 is 2.60 bits per heavy atom. The number of halogens is 2. The van der Waals surface area contributed by atoms with E-state index in [0.29, 0.717) is 6.10 Å². The molecule has 2 heterocycles. The molecule has 2 rings (SSSR count). The minimum atomic E-state index is 0. The van der Waals surface area contributed by atoms with Gasteiger partial charge in [0.05, 0.1) is 12.1 Å². The van der Waals surface area contributed by atoms with Gasteiger partial charge in [0.15, 0.2) is 5.82 Å². The first kappa shape index (κ1) is 14.6. The number of aromatic amines is 1. The third-order valence-electron chi connectivity index (χ3n) is 2.35. The van der Waals surface area contributed by atoms with E-state index in [-0.39, 0.29) is 30.9 Å². The predicted octanol–water partition coefficient (Wildman–Crippen LogP) is 1.01. The molecule has 0 bridgehead atoms. The molecule has 15 heavy (non-hydrogen) atoms. The molecule has 2 atom stereocenters. The number of hydrogen-bond donors (Lipinski definition) is 2. The van der Waals surface area contributed by atoms with Crippen LogP contribution >= 0.6 is 24.8 Å². The van der Waals surface area contributed by atoms with Crippen molar-refractivity contribution in [3.8, 4) is 0 Å². The topological polar surface area (TPSA) is 62.8 Å². The van der Waals surface area contributed by atoms with Gasteiger partial charge in [0, 0.05) is 13.7 Å². The van der Waals surface area contributed by atoms with Crippen LogP contribution in [0.4, 0.5) is 0 Å². The van der Waals surface area contributed by atoms with Crippen LogP contribution in [0.1, 0.15) is 24.1 Å². The first-order valence-corrected chi connectivity index (χ1v) is 4.44. The van der Waals surface area contributed by atoms with E-state index in [1.807, 2.05) is 6.92 Å². The molecule has 1 saturated heterocycles. The number of methoxy groups -OCH3 is 1. The van der Waals surface area contributed by atoms with Crippen molar-refractivity contribution in [2.75, 3.05) is 13.7 Å². The van der Waals surface area contributed by atoms with Crippen molar-refractivity contribution in [2.45, 2.75) is 25.5 Å². The highest BCUT2D eigenvalue weighted by molar-refractivity contribution is 5.85. The summed E-state index contributed by atoms with van der Waals surface area (Å²) in [6.07, 6.45) is 1.25. The van der Waals surface area contributed by atoms with Gasteiger partial charge in [-0.15, -0.1) is 24.8 Å². The zero-order valence-corrected chi connectivity index (χ0v) is 10.3. The zero-order chi connectivity index (χ0) is 9.26. The molecule has 5 nitrogen and oxygen atoms in total. The average molecular weight is 255 g/mol. The third kappa shape index (κ3) is 3.31. The van der Waals surface area contributed by atoms with Gasteiger partial charge in [0.25, 0.3) is 0 Å². The van der Waals surface area contributed by atoms with Crippen LogP contribution in [-0.4, -0.2) is 34.9 Å². The highest BCUT2D eigenvalue weighted by Crippen LogP contribution is 2.21. The Labute approximate surface area is 101 Å². The Kier molecular flexibility index (Phi) is 6.12. The highest BCUT2D eigenvalue weighted by Gasteiger charge is 2.27. The van der Waals surface area contributed by atoms with Crippen LogP contribution in [-0.2, 0) is 4.74 Å². The monoisotopic (exact) mass is 254 g/mol. The van der Waals surface area contributed by atoms with Crippen LogP contribution in [0.15, 0.2) is 0 Å². The summed E-state index contributed by atoms with van der Waals surface area (Å²) in [7, 11) is 1.73. The maximum Gasteiger partial charge on any atom is 0.167 e. The number of nitrogens with zero attached hydrogens (tertiary/aromatic N) is 2. The van der Waals surface area contributed by atoms with Gasteiger partial charge in [-0.1, -0.05) is 0 Å². The molecular weight excluding hydrogens is 239 g/mol. The number of rotatable bonds is 2. The van der Waals surface area contributed by atoms with E-state index in [0.717, 1.165) is 24.6 Å². The molecule has 1 aliphatic rings. The smallest absolute Gasteiger partial charge is 0.167 e. The van der Waals surface area contributed by atoms with Crippen molar-refractivity contribution in [2.24, 2.45) is 0 Å². The average Bonchev–Trinajstić information content (AvgIpc) is 2.71. The second-order valence-corrected chi connectivity index (χ2v) is 3.33. The van der Waals surface area contributed by atoms with E-state index in [1.165, 1.54) is 0 Å². The Balaban J connectivity index is 0.000000980. The van der Waals surface area contributed by atoms with Crippen molar-refractivity contribution in [1.29, 1.82) is 0 Å². The van der Waals surface area contributed by atoms with Gasteiger partial charge in [-0.3, -0.25) is 5.10 Å². The SMILES string of the molecule is COC1CNC(c2n[nH]c(C)n2)C1.Cl.Cl. The Bertz CT molecular complexity index is 294. The van der Waals surface area contributed by atoms with E-state index < -0.39 is 0 Å². The summed E-state index contributed by atoms with van der Waals surface area (Å²) < 4.78 is 5.24. The van der Waals surface area contributed by atoms with E-state index in [1.54, 1.807) is 7.11 Å². The molecule has 2 unspecified atom stereocenters. The molecule has 1 aromatic rings. The predicted molar refractivity (Wildman–Crippen MR) is 61.8 cm³/mol. The summed E-state index contributed by atoms with van der Waals surface area (Å²) >= 11 is 0. The third-order valence-corrected chi connectivity index (χ3v) is 2.35. The standard InChI is InChI=1S/C8H14N4O.2ClH/c1-5-10-8(12-11-5)7-3-6(13-2)4-9-7;;/h6-7,9H,3-4H2,1-2H3,(H,10,11,12);2*1H. The molecule has 1 aromatic heterocycles. The van der Waals surface area contributed by atoms with Crippen LogP contribution < -0.4 is 5.32 Å². The minimum Gasteiger partial charge on any atom is -0.380 e. The Morgan fingerprint density at radius 2 is 2.13 bits per heavy atom. The fourth-order valence-corrected chi connectivity index (χ4v) is 1.60.